The summed E-state index contributed by atoms with van der Waals surface area (Å²) in [6, 6.07) is 11.3. The van der Waals surface area contributed by atoms with Crippen molar-refractivity contribution in [3.8, 4) is 0 Å². The van der Waals surface area contributed by atoms with Crippen LogP contribution in [0.25, 0.3) is 10.9 Å². The standard InChI is InChI=1S/C19H17NO4/c1-11-18(12-5-2-3-6-15(12)20-11)16(21)10-24-19(22)14-9-13(14)17-7-4-8-23-17/h2-8,13-14,20H,9-10H2,1H3/t13-,14-/m1/s1. The van der Waals surface area contributed by atoms with Crippen LogP contribution in [0, 0.1) is 12.8 Å². The summed E-state index contributed by atoms with van der Waals surface area (Å²) in [4.78, 5) is 27.8. The van der Waals surface area contributed by atoms with E-state index in [9.17, 15) is 9.59 Å². The van der Waals surface area contributed by atoms with Gasteiger partial charge in [-0.3, -0.25) is 9.59 Å². The SMILES string of the molecule is Cc1[nH]c2ccccc2c1C(=O)COC(=O)[C@@H]1C[C@H]1c1ccco1. The second-order valence-corrected chi connectivity index (χ2v) is 6.17. The lowest BCUT2D eigenvalue weighted by atomic mass is 10.1. The average Bonchev–Trinajstić information content (AvgIpc) is 3.04. The third-order valence-electron chi connectivity index (χ3n) is 4.52. The topological polar surface area (TPSA) is 72.3 Å². The van der Waals surface area contributed by atoms with E-state index in [0.29, 0.717) is 12.0 Å². The van der Waals surface area contributed by atoms with E-state index in [0.717, 1.165) is 22.4 Å². The molecule has 122 valence electrons. The number of hydrogen-bond donors (Lipinski definition) is 1. The first-order valence-electron chi connectivity index (χ1n) is 7.95. The molecule has 0 bridgehead atoms. The molecule has 2 atom stereocenters. The molecule has 0 unspecified atom stereocenters. The number of Topliss-reactive ketones (excluding diaryl/α,β-unsaturated/α-hetero) is 1. The predicted octanol–water partition coefficient (Wildman–Crippen LogP) is 3.60. The molecule has 0 spiro atoms. The van der Waals surface area contributed by atoms with Crippen molar-refractivity contribution < 1.29 is 18.7 Å². The number of benzene rings is 1. The molecule has 5 nitrogen and oxygen atoms in total. The van der Waals surface area contributed by atoms with Crippen LogP contribution >= 0.6 is 0 Å². The zero-order valence-electron chi connectivity index (χ0n) is 13.2. The summed E-state index contributed by atoms with van der Waals surface area (Å²) in [5, 5.41) is 0.857. The number of furan rings is 1. The minimum atomic E-state index is -0.331. The summed E-state index contributed by atoms with van der Waals surface area (Å²) < 4.78 is 10.5. The van der Waals surface area contributed by atoms with Crippen molar-refractivity contribution in [3.63, 3.8) is 0 Å². The molecule has 1 aliphatic carbocycles. The molecule has 1 saturated carbocycles. The molecule has 1 aliphatic rings. The number of H-pyrrole nitrogens is 1. The first-order chi connectivity index (χ1) is 11.6. The maximum Gasteiger partial charge on any atom is 0.310 e. The van der Waals surface area contributed by atoms with Gasteiger partial charge in [0.2, 0.25) is 5.78 Å². The summed E-state index contributed by atoms with van der Waals surface area (Å²) in [5.41, 5.74) is 2.29. The molecule has 0 saturated heterocycles. The average molecular weight is 323 g/mol. The first-order valence-corrected chi connectivity index (χ1v) is 7.95. The molecule has 1 N–H and O–H groups in total. The quantitative estimate of drug-likeness (QED) is 0.575. The van der Waals surface area contributed by atoms with Crippen LogP contribution in [0.1, 0.15) is 34.2 Å². The van der Waals surface area contributed by atoms with Crippen molar-refractivity contribution in [1.82, 2.24) is 4.98 Å². The van der Waals surface area contributed by atoms with Gasteiger partial charge in [0.25, 0.3) is 0 Å². The Balaban J connectivity index is 1.42. The highest BCUT2D eigenvalue weighted by Crippen LogP contribution is 2.48. The van der Waals surface area contributed by atoms with Crippen molar-refractivity contribution in [1.29, 1.82) is 0 Å². The third kappa shape index (κ3) is 2.52. The van der Waals surface area contributed by atoms with Crippen LogP contribution < -0.4 is 0 Å². The molecule has 2 heterocycles. The lowest BCUT2D eigenvalue weighted by molar-refractivity contribution is -0.144. The van der Waals surface area contributed by atoms with Gasteiger partial charge >= 0.3 is 5.97 Å². The maximum atomic E-state index is 12.5. The van der Waals surface area contributed by atoms with E-state index in [1.807, 2.05) is 37.3 Å². The third-order valence-corrected chi connectivity index (χ3v) is 4.52. The van der Waals surface area contributed by atoms with Crippen LogP contribution in [0.2, 0.25) is 0 Å². The van der Waals surface area contributed by atoms with Gasteiger partial charge in [-0.15, -0.1) is 0 Å². The van der Waals surface area contributed by atoms with E-state index in [4.69, 9.17) is 9.15 Å². The van der Waals surface area contributed by atoms with Gasteiger partial charge in [0.15, 0.2) is 6.61 Å². The molecule has 1 fully saturated rings. The number of aromatic nitrogens is 1. The van der Waals surface area contributed by atoms with Crippen molar-refractivity contribution >= 4 is 22.7 Å². The Hall–Kier alpha value is -2.82. The second kappa shape index (κ2) is 5.67. The molecule has 0 aliphatic heterocycles. The van der Waals surface area contributed by atoms with E-state index in [1.54, 1.807) is 12.3 Å². The number of nitrogens with one attached hydrogen (secondary N) is 1. The van der Waals surface area contributed by atoms with Gasteiger partial charge in [0.1, 0.15) is 5.76 Å². The molecule has 1 aromatic carbocycles. The largest absolute Gasteiger partial charge is 0.469 e. The fourth-order valence-corrected chi connectivity index (χ4v) is 3.22. The van der Waals surface area contributed by atoms with Gasteiger partial charge in [-0.05, 0) is 31.5 Å². The Kier molecular flexibility index (Phi) is 3.49. The van der Waals surface area contributed by atoms with Crippen molar-refractivity contribution in [2.45, 2.75) is 19.3 Å². The Bertz CT molecular complexity index is 907. The van der Waals surface area contributed by atoms with Gasteiger partial charge in [-0.1, -0.05) is 18.2 Å². The van der Waals surface area contributed by atoms with Gasteiger partial charge in [0, 0.05) is 28.1 Å². The molecule has 24 heavy (non-hydrogen) atoms. The number of rotatable bonds is 5. The summed E-state index contributed by atoms with van der Waals surface area (Å²) in [6.45, 7) is 1.62. The molecule has 4 rings (SSSR count). The Morgan fingerprint density at radius 2 is 2.08 bits per heavy atom. The zero-order valence-corrected chi connectivity index (χ0v) is 13.2. The number of aryl methyl sites for hydroxylation is 1. The van der Waals surface area contributed by atoms with Crippen molar-refractivity contribution in [2.24, 2.45) is 5.92 Å². The Morgan fingerprint density at radius 1 is 1.25 bits per heavy atom. The summed E-state index contributed by atoms with van der Waals surface area (Å²) in [7, 11) is 0. The number of para-hydroxylation sites is 1. The molecular weight excluding hydrogens is 306 g/mol. The number of esters is 1. The number of ether oxygens (including phenoxy) is 1. The minimum Gasteiger partial charge on any atom is -0.469 e. The number of carbonyl (C=O) groups excluding carboxylic acids is 2. The molecule has 5 heteroatoms. The smallest absolute Gasteiger partial charge is 0.310 e. The molecule has 3 aromatic rings. The number of fused-ring (bicyclic) bond motifs is 1. The molecular formula is C19H17NO4. The highest BCUT2D eigenvalue weighted by molar-refractivity contribution is 6.10. The minimum absolute atomic E-state index is 0.0810. The van der Waals surface area contributed by atoms with E-state index in [1.165, 1.54) is 0 Å². The number of hydrogen-bond acceptors (Lipinski definition) is 4. The zero-order chi connectivity index (χ0) is 16.7. The van der Waals surface area contributed by atoms with Crippen LogP contribution in [-0.2, 0) is 9.53 Å². The molecule has 0 radical (unpaired) electrons. The van der Waals surface area contributed by atoms with Gasteiger partial charge in [0.05, 0.1) is 12.2 Å². The lowest BCUT2D eigenvalue weighted by Gasteiger charge is -2.04. The van der Waals surface area contributed by atoms with E-state index < -0.39 is 0 Å². The molecule has 0 amide bonds. The monoisotopic (exact) mass is 323 g/mol. The van der Waals surface area contributed by atoms with E-state index in [-0.39, 0.29) is 30.2 Å². The van der Waals surface area contributed by atoms with Crippen LogP contribution in [0.3, 0.4) is 0 Å². The van der Waals surface area contributed by atoms with Gasteiger partial charge < -0.3 is 14.1 Å². The summed E-state index contributed by atoms with van der Waals surface area (Å²) >= 11 is 0. The Labute approximate surface area is 138 Å². The van der Waals surface area contributed by atoms with E-state index >= 15 is 0 Å². The second-order valence-electron chi connectivity index (χ2n) is 6.17. The van der Waals surface area contributed by atoms with Crippen LogP contribution in [0.15, 0.2) is 47.1 Å². The lowest BCUT2D eigenvalue weighted by Crippen LogP contribution is -2.16. The first kappa shape index (κ1) is 14.8. The van der Waals surface area contributed by atoms with Crippen LogP contribution in [0.5, 0.6) is 0 Å². The highest BCUT2D eigenvalue weighted by Gasteiger charge is 2.47. The van der Waals surface area contributed by atoms with Crippen LogP contribution in [-0.4, -0.2) is 23.3 Å². The Morgan fingerprint density at radius 3 is 2.88 bits per heavy atom. The normalized spacial score (nSPS) is 19.4. The summed E-state index contributed by atoms with van der Waals surface area (Å²) in [6.07, 6.45) is 2.31. The predicted molar refractivity (Wildman–Crippen MR) is 87.9 cm³/mol. The fraction of sp³-hybridized carbons (Fsp3) is 0.263. The van der Waals surface area contributed by atoms with Crippen LogP contribution in [0.4, 0.5) is 0 Å². The number of ketones is 1. The van der Waals surface area contributed by atoms with Gasteiger partial charge in [-0.2, -0.15) is 0 Å². The van der Waals surface area contributed by atoms with E-state index in [2.05, 4.69) is 4.98 Å². The highest BCUT2D eigenvalue weighted by atomic mass is 16.5. The number of aromatic amines is 1. The van der Waals surface area contributed by atoms with Crippen molar-refractivity contribution in [2.75, 3.05) is 6.61 Å². The molecule has 2 aromatic heterocycles. The maximum absolute atomic E-state index is 12.5. The fourth-order valence-electron chi connectivity index (χ4n) is 3.22. The van der Waals surface area contributed by atoms with Crippen molar-refractivity contribution in [3.05, 3.63) is 59.7 Å². The van der Waals surface area contributed by atoms with Gasteiger partial charge in [-0.25, -0.2) is 0 Å². The number of carbonyl (C=O) groups is 2. The summed E-state index contributed by atoms with van der Waals surface area (Å²) in [5.74, 6) is 0.164.